The van der Waals surface area contributed by atoms with E-state index < -0.39 is 18.5 Å². The first kappa shape index (κ1) is 15.0. The van der Waals surface area contributed by atoms with Crippen molar-refractivity contribution in [2.24, 2.45) is 0 Å². The predicted octanol–water partition coefficient (Wildman–Crippen LogP) is 2.46. The van der Waals surface area contributed by atoms with Gasteiger partial charge in [0.25, 0.3) is 5.91 Å². The Labute approximate surface area is 128 Å². The van der Waals surface area contributed by atoms with Gasteiger partial charge < -0.3 is 10.1 Å². The molecule has 0 aliphatic heterocycles. The molecule has 0 aromatic carbocycles. The second-order valence-electron chi connectivity index (χ2n) is 3.76. The number of nitrogens with one attached hydrogen (secondary N) is 1. The quantitative estimate of drug-likeness (QED) is 0.873. The highest BCUT2D eigenvalue weighted by Crippen LogP contribution is 2.21. The summed E-state index contributed by atoms with van der Waals surface area (Å²) in [4.78, 5) is 27.1. The predicted molar refractivity (Wildman–Crippen MR) is 77.2 cm³/mol. The largest absolute Gasteiger partial charge is 0.451 e. The van der Waals surface area contributed by atoms with Crippen LogP contribution < -0.4 is 5.32 Å². The number of rotatable bonds is 4. The maximum Gasteiger partial charge on any atom is 0.357 e. The molecule has 8 heteroatoms. The first-order valence-corrected chi connectivity index (χ1v) is 6.92. The van der Waals surface area contributed by atoms with Gasteiger partial charge in [-0.1, -0.05) is 11.6 Å². The number of thiophene rings is 1. The number of hydrogen-bond donors (Lipinski definition) is 1. The highest BCUT2D eigenvalue weighted by Gasteiger charge is 2.13. The maximum atomic E-state index is 11.7. The molecule has 0 radical (unpaired) electrons. The van der Waals surface area contributed by atoms with Crippen LogP contribution in [0, 0.1) is 11.3 Å². The van der Waals surface area contributed by atoms with E-state index in [-0.39, 0.29) is 5.69 Å². The molecule has 106 valence electrons. The van der Waals surface area contributed by atoms with Crippen LogP contribution in [-0.4, -0.2) is 23.5 Å². The number of hydrogen-bond acceptors (Lipinski definition) is 6. The molecule has 2 heterocycles. The van der Waals surface area contributed by atoms with Gasteiger partial charge in [0.05, 0.1) is 5.56 Å². The van der Waals surface area contributed by atoms with Crippen LogP contribution in [0.25, 0.3) is 0 Å². The maximum absolute atomic E-state index is 11.7. The Morgan fingerprint density at radius 2 is 2.29 bits per heavy atom. The number of nitrogens with zero attached hydrogens (tertiary/aromatic N) is 2. The molecule has 1 amide bonds. The average Bonchev–Trinajstić information content (AvgIpc) is 2.92. The SMILES string of the molecule is N#Cc1ccsc1NC(=O)COC(=O)c1cc(Cl)ccn1. The topological polar surface area (TPSA) is 92.1 Å². The number of anilines is 1. The molecule has 0 atom stereocenters. The standard InChI is InChI=1S/C13H8ClN3O3S/c14-9-1-3-16-10(5-9)13(19)20-7-11(18)17-12-8(6-15)2-4-21-12/h1-5H,7H2,(H,17,18). The normalized spacial score (nSPS) is 9.71. The highest BCUT2D eigenvalue weighted by molar-refractivity contribution is 7.14. The summed E-state index contributed by atoms with van der Waals surface area (Å²) in [6.07, 6.45) is 1.36. The van der Waals surface area contributed by atoms with Gasteiger partial charge in [0.1, 0.15) is 16.8 Å². The van der Waals surface area contributed by atoms with Gasteiger partial charge >= 0.3 is 5.97 Å². The molecule has 0 unspecified atom stereocenters. The lowest BCUT2D eigenvalue weighted by molar-refractivity contribution is -0.119. The average molecular weight is 322 g/mol. The van der Waals surface area contributed by atoms with Gasteiger partial charge in [-0.15, -0.1) is 11.3 Å². The van der Waals surface area contributed by atoms with Gasteiger partial charge in [0, 0.05) is 11.2 Å². The summed E-state index contributed by atoms with van der Waals surface area (Å²) in [7, 11) is 0. The van der Waals surface area contributed by atoms with Crippen molar-refractivity contribution < 1.29 is 14.3 Å². The van der Waals surface area contributed by atoms with E-state index >= 15 is 0 Å². The number of carbonyl (C=O) groups is 2. The fraction of sp³-hybridized carbons (Fsp3) is 0.0769. The third-order valence-electron chi connectivity index (χ3n) is 2.30. The van der Waals surface area contributed by atoms with Crippen LogP contribution in [0.1, 0.15) is 16.1 Å². The molecular formula is C13H8ClN3O3S. The number of carbonyl (C=O) groups excluding carboxylic acids is 2. The molecule has 0 bridgehead atoms. The molecule has 0 saturated heterocycles. The lowest BCUT2D eigenvalue weighted by Gasteiger charge is -2.05. The van der Waals surface area contributed by atoms with E-state index in [2.05, 4.69) is 10.3 Å². The third kappa shape index (κ3) is 4.02. The molecule has 0 aliphatic rings. The van der Waals surface area contributed by atoms with Crippen LogP contribution >= 0.6 is 22.9 Å². The van der Waals surface area contributed by atoms with Crippen molar-refractivity contribution in [3.63, 3.8) is 0 Å². The van der Waals surface area contributed by atoms with E-state index in [1.807, 2.05) is 6.07 Å². The zero-order valence-electron chi connectivity index (χ0n) is 10.5. The van der Waals surface area contributed by atoms with Crippen molar-refractivity contribution in [3.8, 4) is 6.07 Å². The van der Waals surface area contributed by atoms with E-state index in [4.69, 9.17) is 21.6 Å². The number of aromatic nitrogens is 1. The van der Waals surface area contributed by atoms with Crippen molar-refractivity contribution in [2.45, 2.75) is 0 Å². The number of nitriles is 1. The van der Waals surface area contributed by atoms with Crippen LogP contribution in [0.2, 0.25) is 5.02 Å². The summed E-state index contributed by atoms with van der Waals surface area (Å²) in [5.41, 5.74) is 0.375. The highest BCUT2D eigenvalue weighted by atomic mass is 35.5. The van der Waals surface area contributed by atoms with Gasteiger partial charge in [-0.3, -0.25) is 4.79 Å². The molecular weight excluding hydrogens is 314 g/mol. The fourth-order valence-corrected chi connectivity index (χ4v) is 2.29. The monoisotopic (exact) mass is 321 g/mol. The van der Waals surface area contributed by atoms with E-state index in [9.17, 15) is 9.59 Å². The molecule has 6 nitrogen and oxygen atoms in total. The zero-order valence-corrected chi connectivity index (χ0v) is 12.1. The third-order valence-corrected chi connectivity index (χ3v) is 3.37. The Morgan fingerprint density at radius 3 is 3.00 bits per heavy atom. The van der Waals surface area contributed by atoms with E-state index in [0.29, 0.717) is 15.6 Å². The Kier molecular flexibility index (Phi) is 4.87. The second kappa shape index (κ2) is 6.83. The van der Waals surface area contributed by atoms with E-state index in [0.717, 1.165) is 0 Å². The van der Waals surface area contributed by atoms with Crippen LogP contribution in [0.5, 0.6) is 0 Å². The zero-order chi connectivity index (χ0) is 15.2. The minimum Gasteiger partial charge on any atom is -0.451 e. The van der Waals surface area contributed by atoms with Crippen molar-refractivity contribution in [1.29, 1.82) is 5.26 Å². The first-order valence-electron chi connectivity index (χ1n) is 5.66. The lowest BCUT2D eigenvalue weighted by atomic mass is 10.3. The molecule has 0 saturated carbocycles. The van der Waals surface area contributed by atoms with E-state index in [1.165, 1.54) is 29.7 Å². The summed E-state index contributed by atoms with van der Waals surface area (Å²) >= 11 is 6.93. The minimum absolute atomic E-state index is 0.0177. The Balaban J connectivity index is 1.90. The smallest absolute Gasteiger partial charge is 0.357 e. The summed E-state index contributed by atoms with van der Waals surface area (Å²) < 4.78 is 4.82. The van der Waals surface area contributed by atoms with Crippen LogP contribution in [0.3, 0.4) is 0 Å². The van der Waals surface area contributed by atoms with Crippen molar-refractivity contribution in [2.75, 3.05) is 11.9 Å². The molecule has 2 rings (SSSR count). The molecule has 1 N–H and O–H groups in total. The summed E-state index contributed by atoms with van der Waals surface area (Å²) in [5, 5.41) is 13.7. The number of amides is 1. The molecule has 0 fully saturated rings. The van der Waals surface area contributed by atoms with E-state index in [1.54, 1.807) is 11.4 Å². The van der Waals surface area contributed by atoms with Gasteiger partial charge in [-0.25, -0.2) is 9.78 Å². The Morgan fingerprint density at radius 1 is 1.48 bits per heavy atom. The van der Waals surface area contributed by atoms with Gasteiger partial charge in [0.2, 0.25) is 0 Å². The van der Waals surface area contributed by atoms with Crippen LogP contribution in [0.4, 0.5) is 5.00 Å². The molecule has 2 aromatic rings. The van der Waals surface area contributed by atoms with Gasteiger partial charge in [-0.05, 0) is 23.6 Å². The number of pyridine rings is 1. The fourth-order valence-electron chi connectivity index (χ4n) is 1.38. The van der Waals surface area contributed by atoms with Crippen molar-refractivity contribution >= 4 is 39.8 Å². The molecule has 0 spiro atoms. The van der Waals surface area contributed by atoms with Gasteiger partial charge in [-0.2, -0.15) is 5.26 Å². The summed E-state index contributed by atoms with van der Waals surface area (Å²) in [5.74, 6) is -1.29. The molecule has 2 aromatic heterocycles. The lowest BCUT2D eigenvalue weighted by Crippen LogP contribution is -2.21. The first-order chi connectivity index (χ1) is 10.1. The Hall–Kier alpha value is -2.43. The second-order valence-corrected chi connectivity index (χ2v) is 5.11. The Bertz CT molecular complexity index is 723. The van der Waals surface area contributed by atoms with Gasteiger partial charge in [0.15, 0.2) is 6.61 Å². The minimum atomic E-state index is -0.751. The van der Waals surface area contributed by atoms with Crippen molar-refractivity contribution in [3.05, 3.63) is 46.1 Å². The molecule has 0 aliphatic carbocycles. The van der Waals surface area contributed by atoms with Crippen LogP contribution in [-0.2, 0) is 9.53 Å². The molecule has 21 heavy (non-hydrogen) atoms. The van der Waals surface area contributed by atoms with Crippen LogP contribution in [0.15, 0.2) is 29.8 Å². The number of ether oxygens (including phenoxy) is 1. The summed E-state index contributed by atoms with van der Waals surface area (Å²) in [6.45, 7) is -0.476. The summed E-state index contributed by atoms with van der Waals surface area (Å²) in [6, 6.07) is 6.39. The van der Waals surface area contributed by atoms with Crippen molar-refractivity contribution in [1.82, 2.24) is 4.98 Å². The number of esters is 1. The number of halogens is 1.